The molecule has 3 heteroatoms. The van der Waals surface area contributed by atoms with Gasteiger partial charge in [-0.1, -0.05) is 0 Å². The van der Waals surface area contributed by atoms with Gasteiger partial charge in [0.25, 0.3) is 0 Å². The fourth-order valence-corrected chi connectivity index (χ4v) is 1.07. The minimum absolute atomic E-state index is 0.238. The lowest BCUT2D eigenvalue weighted by molar-refractivity contribution is 0.605. The summed E-state index contributed by atoms with van der Waals surface area (Å²) in [6.07, 6.45) is 1.92. The molecule has 0 aromatic carbocycles. The van der Waals surface area contributed by atoms with E-state index < -0.39 is 0 Å². The van der Waals surface area contributed by atoms with Crippen molar-refractivity contribution in [1.29, 1.82) is 0 Å². The Labute approximate surface area is 63.7 Å². The standard InChI is InChI=1S/C7H8FNS/c1-5-6(8)3-4-7(9-5)10-2/h3-4H,1-2H3. The Hall–Kier alpha value is -0.570. The molecule has 10 heavy (non-hydrogen) atoms. The molecular formula is C7H8FNS. The van der Waals surface area contributed by atoms with Crippen molar-refractivity contribution in [2.45, 2.75) is 11.9 Å². The maximum absolute atomic E-state index is 12.6. The molecule has 0 atom stereocenters. The van der Waals surface area contributed by atoms with E-state index in [2.05, 4.69) is 4.98 Å². The number of aromatic nitrogens is 1. The number of halogens is 1. The van der Waals surface area contributed by atoms with Crippen LogP contribution in [0.25, 0.3) is 0 Å². The van der Waals surface area contributed by atoms with Gasteiger partial charge in [0.1, 0.15) is 5.82 Å². The highest BCUT2D eigenvalue weighted by atomic mass is 32.2. The second kappa shape index (κ2) is 3.01. The molecule has 0 amide bonds. The van der Waals surface area contributed by atoms with E-state index in [1.54, 1.807) is 13.0 Å². The van der Waals surface area contributed by atoms with Gasteiger partial charge in [0, 0.05) is 0 Å². The summed E-state index contributed by atoms with van der Waals surface area (Å²) in [5, 5.41) is 0.860. The minimum Gasteiger partial charge on any atom is -0.244 e. The molecule has 54 valence electrons. The van der Waals surface area contributed by atoms with Gasteiger partial charge in [-0.25, -0.2) is 9.37 Å². The first-order valence-electron chi connectivity index (χ1n) is 2.91. The van der Waals surface area contributed by atoms with Crippen molar-refractivity contribution in [2.75, 3.05) is 6.26 Å². The molecule has 0 spiro atoms. The molecule has 0 saturated heterocycles. The Morgan fingerprint density at radius 2 is 2.20 bits per heavy atom. The van der Waals surface area contributed by atoms with Gasteiger partial charge in [-0.2, -0.15) is 0 Å². The molecule has 0 bridgehead atoms. The van der Waals surface area contributed by atoms with E-state index in [0.29, 0.717) is 5.69 Å². The molecular weight excluding hydrogens is 149 g/mol. The normalized spacial score (nSPS) is 9.90. The Balaban J connectivity index is 3.04. The average molecular weight is 157 g/mol. The molecule has 0 fully saturated rings. The van der Waals surface area contributed by atoms with Gasteiger partial charge in [0.2, 0.25) is 0 Å². The highest BCUT2D eigenvalue weighted by molar-refractivity contribution is 7.98. The number of hydrogen-bond acceptors (Lipinski definition) is 2. The largest absolute Gasteiger partial charge is 0.244 e. The molecule has 0 aliphatic carbocycles. The number of pyridine rings is 1. The summed E-state index contributed by atoms with van der Waals surface area (Å²) in [5.74, 6) is -0.238. The van der Waals surface area contributed by atoms with E-state index in [-0.39, 0.29) is 5.82 Å². The third kappa shape index (κ3) is 1.48. The fraction of sp³-hybridized carbons (Fsp3) is 0.286. The van der Waals surface area contributed by atoms with Gasteiger partial charge in [0.15, 0.2) is 0 Å². The molecule has 1 aromatic rings. The van der Waals surface area contributed by atoms with E-state index >= 15 is 0 Å². The Bertz CT molecular complexity index is 237. The highest BCUT2D eigenvalue weighted by Crippen LogP contribution is 2.12. The zero-order chi connectivity index (χ0) is 7.56. The molecule has 1 aromatic heterocycles. The number of thioether (sulfide) groups is 1. The molecule has 1 heterocycles. The lowest BCUT2D eigenvalue weighted by Gasteiger charge is -1.96. The average Bonchev–Trinajstić information content (AvgIpc) is 1.95. The Morgan fingerprint density at radius 1 is 1.50 bits per heavy atom. The predicted octanol–water partition coefficient (Wildman–Crippen LogP) is 2.25. The van der Waals surface area contributed by atoms with Crippen LogP contribution in [-0.4, -0.2) is 11.2 Å². The van der Waals surface area contributed by atoms with E-state index in [4.69, 9.17) is 0 Å². The summed E-state index contributed by atoms with van der Waals surface area (Å²) in [4.78, 5) is 3.98. The topological polar surface area (TPSA) is 12.9 Å². The first-order valence-corrected chi connectivity index (χ1v) is 4.13. The van der Waals surface area contributed by atoms with E-state index in [9.17, 15) is 4.39 Å². The van der Waals surface area contributed by atoms with Crippen molar-refractivity contribution in [3.05, 3.63) is 23.6 Å². The molecule has 0 N–H and O–H groups in total. The van der Waals surface area contributed by atoms with Crippen LogP contribution in [0.5, 0.6) is 0 Å². The van der Waals surface area contributed by atoms with E-state index in [1.165, 1.54) is 17.8 Å². The Morgan fingerprint density at radius 3 is 2.70 bits per heavy atom. The minimum atomic E-state index is -0.238. The van der Waals surface area contributed by atoms with Crippen LogP contribution in [0.4, 0.5) is 4.39 Å². The highest BCUT2D eigenvalue weighted by Gasteiger charge is 1.97. The number of aryl methyl sites for hydroxylation is 1. The Kier molecular flexibility index (Phi) is 2.27. The van der Waals surface area contributed by atoms with Gasteiger partial charge in [-0.05, 0) is 25.3 Å². The van der Waals surface area contributed by atoms with Gasteiger partial charge in [0.05, 0.1) is 10.7 Å². The molecule has 0 aliphatic rings. The summed E-state index contributed by atoms with van der Waals surface area (Å²) >= 11 is 1.51. The lowest BCUT2D eigenvalue weighted by Crippen LogP contribution is -1.87. The van der Waals surface area contributed by atoms with Crippen molar-refractivity contribution in [2.24, 2.45) is 0 Å². The van der Waals surface area contributed by atoms with Gasteiger partial charge in [-0.15, -0.1) is 11.8 Å². The zero-order valence-electron chi connectivity index (χ0n) is 5.89. The number of rotatable bonds is 1. The third-order valence-corrected chi connectivity index (χ3v) is 1.85. The maximum atomic E-state index is 12.6. The smallest absolute Gasteiger partial charge is 0.144 e. The van der Waals surface area contributed by atoms with Crippen molar-refractivity contribution < 1.29 is 4.39 Å². The molecule has 1 rings (SSSR count). The second-order valence-corrected chi connectivity index (χ2v) is 2.75. The van der Waals surface area contributed by atoms with Crippen molar-refractivity contribution in [3.8, 4) is 0 Å². The van der Waals surface area contributed by atoms with Crippen LogP contribution in [0, 0.1) is 12.7 Å². The first kappa shape index (κ1) is 7.54. The summed E-state index contributed by atoms with van der Waals surface area (Å²) in [7, 11) is 0. The quantitative estimate of drug-likeness (QED) is 0.580. The van der Waals surface area contributed by atoms with Crippen LogP contribution in [0.1, 0.15) is 5.69 Å². The van der Waals surface area contributed by atoms with Gasteiger partial charge >= 0.3 is 0 Å². The van der Waals surface area contributed by atoms with Crippen LogP contribution < -0.4 is 0 Å². The number of hydrogen-bond donors (Lipinski definition) is 0. The monoisotopic (exact) mass is 157 g/mol. The zero-order valence-corrected chi connectivity index (χ0v) is 6.70. The molecule has 0 radical (unpaired) electrons. The van der Waals surface area contributed by atoms with Crippen LogP contribution in [-0.2, 0) is 0 Å². The van der Waals surface area contributed by atoms with E-state index in [0.717, 1.165) is 5.03 Å². The van der Waals surface area contributed by atoms with Crippen LogP contribution in [0.2, 0.25) is 0 Å². The summed E-state index contributed by atoms with van der Waals surface area (Å²) < 4.78 is 12.6. The summed E-state index contributed by atoms with van der Waals surface area (Å²) in [6, 6.07) is 3.11. The molecule has 1 nitrogen and oxygen atoms in total. The molecule has 0 saturated carbocycles. The predicted molar refractivity (Wildman–Crippen MR) is 40.7 cm³/mol. The first-order chi connectivity index (χ1) is 4.74. The fourth-order valence-electron chi connectivity index (χ4n) is 0.635. The van der Waals surface area contributed by atoms with Crippen molar-refractivity contribution in [1.82, 2.24) is 4.98 Å². The van der Waals surface area contributed by atoms with Gasteiger partial charge < -0.3 is 0 Å². The van der Waals surface area contributed by atoms with Gasteiger partial charge in [-0.3, -0.25) is 0 Å². The molecule has 0 unspecified atom stereocenters. The van der Waals surface area contributed by atoms with Crippen LogP contribution >= 0.6 is 11.8 Å². The lowest BCUT2D eigenvalue weighted by atomic mass is 10.4. The second-order valence-electron chi connectivity index (χ2n) is 1.92. The third-order valence-electron chi connectivity index (χ3n) is 1.20. The van der Waals surface area contributed by atoms with Crippen LogP contribution in [0.15, 0.2) is 17.2 Å². The summed E-state index contributed by atoms with van der Waals surface area (Å²) in [6.45, 7) is 1.66. The SMILES string of the molecule is CSc1ccc(F)c(C)n1. The maximum Gasteiger partial charge on any atom is 0.144 e. The van der Waals surface area contributed by atoms with Crippen molar-refractivity contribution in [3.63, 3.8) is 0 Å². The van der Waals surface area contributed by atoms with Crippen LogP contribution in [0.3, 0.4) is 0 Å². The van der Waals surface area contributed by atoms with Crippen molar-refractivity contribution >= 4 is 11.8 Å². The van der Waals surface area contributed by atoms with E-state index in [1.807, 2.05) is 6.26 Å². The number of nitrogens with zero attached hydrogens (tertiary/aromatic N) is 1. The molecule has 0 aliphatic heterocycles. The summed E-state index contributed by atoms with van der Waals surface area (Å²) in [5.41, 5.74) is 0.465.